The number of hydrogen-bond acceptors (Lipinski definition) is 2. The molecule has 0 aliphatic rings. The van der Waals surface area contributed by atoms with Crippen LogP contribution in [0, 0.1) is 0 Å². The van der Waals surface area contributed by atoms with E-state index in [4.69, 9.17) is 0 Å². The van der Waals surface area contributed by atoms with E-state index >= 15 is 0 Å². The van der Waals surface area contributed by atoms with Crippen molar-refractivity contribution in [3.8, 4) is 0 Å². The Labute approximate surface area is 121 Å². The molecule has 0 aliphatic heterocycles. The Morgan fingerprint density at radius 1 is 1.14 bits per heavy atom. The first-order chi connectivity index (χ1) is 10.1. The van der Waals surface area contributed by atoms with Crippen molar-refractivity contribution >= 4 is 10.9 Å². The average molecular weight is 324 g/mol. The quantitative estimate of drug-likeness (QED) is 0.626. The summed E-state index contributed by atoms with van der Waals surface area (Å²) in [6.07, 6.45) is -2.52. The van der Waals surface area contributed by atoms with Crippen LogP contribution >= 0.6 is 0 Å². The Hall–Kier alpha value is -1.90. The highest BCUT2D eigenvalue weighted by atomic mass is 19.4. The molecule has 4 nitrogen and oxygen atoms in total. The lowest BCUT2D eigenvalue weighted by molar-refractivity contribution is -0.296. The molecule has 0 saturated heterocycles. The number of fused-ring (bicyclic) bond motifs is 1. The van der Waals surface area contributed by atoms with Gasteiger partial charge in [0.1, 0.15) is 12.1 Å². The normalized spacial score (nSPS) is 13.0. The molecule has 0 aromatic carbocycles. The molecule has 0 saturated carbocycles. The third-order valence-electron chi connectivity index (χ3n) is 3.18. The SMILES string of the molecule is Cn1ccc2ccn(CCOCC(F)(F)C(F)(F)F)c(=O)c21. The number of hydrogen-bond donors (Lipinski definition) is 0. The van der Waals surface area contributed by atoms with Gasteiger partial charge < -0.3 is 13.9 Å². The van der Waals surface area contributed by atoms with E-state index < -0.39 is 25.3 Å². The van der Waals surface area contributed by atoms with Gasteiger partial charge in [0.2, 0.25) is 0 Å². The van der Waals surface area contributed by atoms with Crippen molar-refractivity contribution in [2.45, 2.75) is 18.6 Å². The number of aryl methyl sites for hydroxylation is 1. The number of aromatic nitrogens is 2. The summed E-state index contributed by atoms with van der Waals surface area (Å²) in [7, 11) is 1.68. The largest absolute Gasteiger partial charge is 0.455 e. The molecule has 2 rings (SSSR count). The van der Waals surface area contributed by atoms with Crippen LogP contribution in [0.2, 0.25) is 0 Å². The molecule has 0 bridgehead atoms. The lowest BCUT2D eigenvalue weighted by atomic mass is 10.3. The zero-order valence-electron chi connectivity index (χ0n) is 11.5. The van der Waals surface area contributed by atoms with Gasteiger partial charge in [-0.3, -0.25) is 4.79 Å². The summed E-state index contributed by atoms with van der Waals surface area (Å²) < 4.78 is 68.3. The number of alkyl halides is 5. The summed E-state index contributed by atoms with van der Waals surface area (Å²) in [4.78, 5) is 12.1. The summed E-state index contributed by atoms with van der Waals surface area (Å²) in [5.74, 6) is -4.90. The van der Waals surface area contributed by atoms with Crippen molar-refractivity contribution in [3.05, 3.63) is 34.9 Å². The van der Waals surface area contributed by atoms with E-state index in [1.54, 1.807) is 29.9 Å². The summed E-state index contributed by atoms with van der Waals surface area (Å²) >= 11 is 0. The molecule has 0 radical (unpaired) electrons. The highest BCUT2D eigenvalue weighted by molar-refractivity contribution is 5.78. The monoisotopic (exact) mass is 324 g/mol. The Morgan fingerprint density at radius 3 is 2.41 bits per heavy atom. The maximum atomic E-state index is 12.6. The van der Waals surface area contributed by atoms with E-state index in [1.807, 2.05) is 0 Å². The van der Waals surface area contributed by atoms with Gasteiger partial charge in [0.25, 0.3) is 5.56 Å². The first-order valence-electron chi connectivity index (χ1n) is 6.30. The van der Waals surface area contributed by atoms with E-state index in [0.717, 1.165) is 0 Å². The van der Waals surface area contributed by atoms with Gasteiger partial charge in [-0.25, -0.2) is 0 Å². The summed E-state index contributed by atoms with van der Waals surface area (Å²) in [5.41, 5.74) is 0.0549. The predicted molar refractivity (Wildman–Crippen MR) is 69.0 cm³/mol. The molecular weight excluding hydrogens is 311 g/mol. The van der Waals surface area contributed by atoms with E-state index in [9.17, 15) is 26.7 Å². The molecule has 2 heterocycles. The summed E-state index contributed by atoms with van der Waals surface area (Å²) in [6.45, 7) is -2.31. The Kier molecular flexibility index (Phi) is 4.28. The standard InChI is InChI=1S/C13H13F5N2O2/c1-19-4-2-9-3-5-20(11(21)10(9)19)6-7-22-8-12(14,15)13(16,17)18/h2-5H,6-8H2,1H3. The zero-order chi connectivity index (χ0) is 16.5. The molecule has 0 fully saturated rings. The minimum atomic E-state index is -5.65. The van der Waals surface area contributed by atoms with Crippen LogP contribution in [0.25, 0.3) is 10.9 Å². The molecule has 2 aromatic heterocycles. The van der Waals surface area contributed by atoms with Gasteiger partial charge in [-0.1, -0.05) is 0 Å². The Bertz CT molecular complexity index is 717. The maximum absolute atomic E-state index is 12.6. The van der Waals surface area contributed by atoms with Gasteiger partial charge in [-0.15, -0.1) is 0 Å². The second-order valence-corrected chi connectivity index (χ2v) is 4.80. The second-order valence-electron chi connectivity index (χ2n) is 4.80. The lowest BCUT2D eigenvalue weighted by Crippen LogP contribution is -2.41. The van der Waals surface area contributed by atoms with E-state index in [-0.39, 0.29) is 12.1 Å². The molecule has 0 spiro atoms. The van der Waals surface area contributed by atoms with Crippen LogP contribution in [-0.2, 0) is 18.3 Å². The number of halogens is 5. The molecule has 0 atom stereocenters. The van der Waals surface area contributed by atoms with Crippen LogP contribution in [0.4, 0.5) is 22.0 Å². The molecular formula is C13H13F5N2O2. The van der Waals surface area contributed by atoms with Crippen LogP contribution in [0.3, 0.4) is 0 Å². The molecule has 0 unspecified atom stereocenters. The first-order valence-corrected chi connectivity index (χ1v) is 6.30. The maximum Gasteiger partial charge on any atom is 0.455 e. The van der Waals surface area contributed by atoms with Crippen molar-refractivity contribution in [2.24, 2.45) is 7.05 Å². The zero-order valence-corrected chi connectivity index (χ0v) is 11.5. The number of nitrogens with zero attached hydrogens (tertiary/aromatic N) is 2. The minimum absolute atomic E-state index is 0.117. The highest BCUT2D eigenvalue weighted by Gasteiger charge is 2.57. The Morgan fingerprint density at radius 2 is 1.77 bits per heavy atom. The number of ether oxygens (including phenoxy) is 1. The fraction of sp³-hybridized carbons (Fsp3) is 0.462. The van der Waals surface area contributed by atoms with E-state index in [0.29, 0.717) is 10.9 Å². The van der Waals surface area contributed by atoms with Crippen molar-refractivity contribution in [3.63, 3.8) is 0 Å². The van der Waals surface area contributed by atoms with Gasteiger partial charge in [-0.05, 0) is 12.1 Å². The highest BCUT2D eigenvalue weighted by Crippen LogP contribution is 2.35. The number of rotatable bonds is 5. The van der Waals surface area contributed by atoms with Crippen molar-refractivity contribution in [1.82, 2.24) is 9.13 Å². The van der Waals surface area contributed by atoms with Gasteiger partial charge in [-0.2, -0.15) is 22.0 Å². The topological polar surface area (TPSA) is 36.2 Å². The fourth-order valence-electron chi connectivity index (χ4n) is 1.95. The molecule has 0 N–H and O–H groups in total. The van der Waals surface area contributed by atoms with E-state index in [1.165, 1.54) is 10.8 Å². The van der Waals surface area contributed by atoms with Gasteiger partial charge in [0.15, 0.2) is 0 Å². The van der Waals surface area contributed by atoms with Crippen molar-refractivity contribution < 1.29 is 26.7 Å². The summed E-state index contributed by atoms with van der Waals surface area (Å²) in [5, 5.41) is 0.716. The smallest absolute Gasteiger partial charge is 0.373 e. The van der Waals surface area contributed by atoms with Gasteiger partial charge >= 0.3 is 12.1 Å². The van der Waals surface area contributed by atoms with Crippen LogP contribution in [0.1, 0.15) is 0 Å². The third-order valence-corrected chi connectivity index (χ3v) is 3.18. The predicted octanol–water partition coefficient (Wildman–Crippen LogP) is 2.55. The van der Waals surface area contributed by atoms with Crippen LogP contribution < -0.4 is 5.56 Å². The molecule has 0 amide bonds. The number of pyridine rings is 1. The van der Waals surface area contributed by atoms with Crippen LogP contribution in [0.15, 0.2) is 29.3 Å². The molecule has 122 valence electrons. The molecule has 9 heteroatoms. The van der Waals surface area contributed by atoms with Gasteiger partial charge in [0, 0.05) is 31.4 Å². The first kappa shape index (κ1) is 16.5. The van der Waals surface area contributed by atoms with Crippen molar-refractivity contribution in [1.29, 1.82) is 0 Å². The molecule has 22 heavy (non-hydrogen) atoms. The van der Waals surface area contributed by atoms with E-state index in [2.05, 4.69) is 4.74 Å². The lowest BCUT2D eigenvalue weighted by Gasteiger charge is -2.19. The second kappa shape index (κ2) is 5.71. The Balaban J connectivity index is 2.00. The van der Waals surface area contributed by atoms with Gasteiger partial charge in [0.05, 0.1) is 6.61 Å². The minimum Gasteiger partial charge on any atom is -0.373 e. The fourth-order valence-corrected chi connectivity index (χ4v) is 1.95. The summed E-state index contributed by atoms with van der Waals surface area (Å²) in [6, 6.07) is 3.39. The van der Waals surface area contributed by atoms with Crippen LogP contribution in [-0.4, -0.2) is 34.4 Å². The molecule has 2 aromatic rings. The molecule has 0 aliphatic carbocycles. The van der Waals surface area contributed by atoms with Crippen molar-refractivity contribution in [2.75, 3.05) is 13.2 Å². The van der Waals surface area contributed by atoms with Crippen LogP contribution in [0.5, 0.6) is 0 Å². The third kappa shape index (κ3) is 3.13. The average Bonchev–Trinajstić information content (AvgIpc) is 2.78.